The van der Waals surface area contributed by atoms with Gasteiger partial charge in [-0.25, -0.2) is 0 Å². The summed E-state index contributed by atoms with van der Waals surface area (Å²) in [5, 5.41) is 5.03. The first kappa shape index (κ1) is 28.3. The van der Waals surface area contributed by atoms with Gasteiger partial charge >= 0.3 is 0 Å². The molecule has 1 nitrogen and oxygen atoms in total. The summed E-state index contributed by atoms with van der Waals surface area (Å²) in [6, 6.07) is 64.4. The predicted molar refractivity (Wildman–Crippen MR) is 205 cm³/mol. The third-order valence-electron chi connectivity index (χ3n) is 10.2. The van der Waals surface area contributed by atoms with E-state index in [0.717, 1.165) is 11.4 Å². The van der Waals surface area contributed by atoms with Crippen molar-refractivity contribution in [2.75, 3.05) is 4.90 Å². The summed E-state index contributed by atoms with van der Waals surface area (Å²) in [5.74, 6) is 0. The molecule has 1 aliphatic rings. The Morgan fingerprint density at radius 2 is 0.979 bits per heavy atom. The van der Waals surface area contributed by atoms with E-state index >= 15 is 0 Å². The Labute approximate surface area is 282 Å². The molecular formula is C47H35N. The molecule has 0 N–H and O–H groups in total. The Hall–Kier alpha value is -5.92. The zero-order valence-electron chi connectivity index (χ0n) is 27.2. The van der Waals surface area contributed by atoms with Crippen LogP contribution in [0, 0.1) is 0 Å². The number of para-hydroxylation sites is 1. The van der Waals surface area contributed by atoms with Gasteiger partial charge in [-0.15, -0.1) is 0 Å². The first-order chi connectivity index (χ1) is 23.6. The molecule has 0 unspecified atom stereocenters. The number of anilines is 3. The topological polar surface area (TPSA) is 3.24 Å². The number of benzene rings is 8. The molecule has 0 atom stereocenters. The van der Waals surface area contributed by atoms with Gasteiger partial charge in [-0.3, -0.25) is 0 Å². The fraction of sp³-hybridized carbons (Fsp3) is 0.0638. The fourth-order valence-corrected chi connectivity index (χ4v) is 7.79. The highest BCUT2D eigenvalue weighted by molar-refractivity contribution is 6.00. The lowest BCUT2D eigenvalue weighted by Crippen LogP contribution is -2.16. The van der Waals surface area contributed by atoms with Crippen LogP contribution in [0.1, 0.15) is 25.0 Å². The van der Waals surface area contributed by atoms with Crippen LogP contribution < -0.4 is 4.90 Å². The summed E-state index contributed by atoms with van der Waals surface area (Å²) in [6.45, 7) is 4.69. The quantitative estimate of drug-likeness (QED) is 0.187. The fourth-order valence-electron chi connectivity index (χ4n) is 7.79. The Morgan fingerprint density at radius 1 is 0.396 bits per heavy atom. The average Bonchev–Trinajstić information content (AvgIpc) is 3.38. The minimum absolute atomic E-state index is 0.0613. The lowest BCUT2D eigenvalue weighted by molar-refractivity contribution is 0.660. The van der Waals surface area contributed by atoms with Gasteiger partial charge in [-0.1, -0.05) is 147 Å². The Bertz CT molecular complexity index is 2470. The van der Waals surface area contributed by atoms with E-state index < -0.39 is 0 Å². The van der Waals surface area contributed by atoms with Gasteiger partial charge in [0.1, 0.15) is 0 Å². The van der Waals surface area contributed by atoms with E-state index in [9.17, 15) is 0 Å². The Morgan fingerprint density at radius 3 is 1.81 bits per heavy atom. The maximum Gasteiger partial charge on any atom is 0.0543 e. The van der Waals surface area contributed by atoms with Gasteiger partial charge in [0.05, 0.1) is 5.69 Å². The van der Waals surface area contributed by atoms with Gasteiger partial charge in [0.25, 0.3) is 0 Å². The molecule has 0 amide bonds. The number of fused-ring (bicyclic) bond motifs is 5. The lowest BCUT2D eigenvalue weighted by atomic mass is 9.82. The summed E-state index contributed by atoms with van der Waals surface area (Å²) < 4.78 is 0. The summed E-state index contributed by atoms with van der Waals surface area (Å²) in [7, 11) is 0. The van der Waals surface area contributed by atoms with Crippen molar-refractivity contribution in [3.05, 3.63) is 187 Å². The van der Waals surface area contributed by atoms with Gasteiger partial charge in [-0.2, -0.15) is 0 Å². The molecule has 48 heavy (non-hydrogen) atoms. The second kappa shape index (κ2) is 11.1. The number of nitrogens with zero attached hydrogens (tertiary/aromatic N) is 1. The zero-order valence-corrected chi connectivity index (χ0v) is 27.2. The molecular weight excluding hydrogens is 579 g/mol. The first-order valence-electron chi connectivity index (χ1n) is 16.8. The summed E-state index contributed by atoms with van der Waals surface area (Å²) in [4.78, 5) is 2.42. The van der Waals surface area contributed by atoms with Gasteiger partial charge in [0, 0.05) is 22.4 Å². The highest BCUT2D eigenvalue weighted by Gasteiger charge is 2.37. The van der Waals surface area contributed by atoms with Crippen LogP contribution in [-0.2, 0) is 5.41 Å². The van der Waals surface area contributed by atoms with Crippen LogP contribution in [0.15, 0.2) is 176 Å². The highest BCUT2D eigenvalue weighted by atomic mass is 15.1. The zero-order chi connectivity index (χ0) is 32.2. The van der Waals surface area contributed by atoms with Gasteiger partial charge < -0.3 is 4.90 Å². The van der Waals surface area contributed by atoms with Crippen molar-refractivity contribution < 1.29 is 0 Å². The number of hydrogen-bond donors (Lipinski definition) is 0. The molecule has 0 saturated heterocycles. The molecule has 228 valence electrons. The SMILES string of the molecule is CC1(C)c2ccccc2-c2c(N(c3ccccc3)c3ccc(-c4cccc5ccc(-c6ccc7ccccc7c6)cc45)cc3)cccc21. The second-order valence-electron chi connectivity index (χ2n) is 13.4. The van der Waals surface area contributed by atoms with Crippen LogP contribution in [0.5, 0.6) is 0 Å². The number of rotatable bonds is 5. The van der Waals surface area contributed by atoms with E-state index in [-0.39, 0.29) is 5.41 Å². The van der Waals surface area contributed by atoms with Crippen LogP contribution in [0.25, 0.3) is 54.9 Å². The molecule has 9 rings (SSSR count). The average molecular weight is 614 g/mol. The number of hydrogen-bond acceptors (Lipinski definition) is 1. The van der Waals surface area contributed by atoms with Gasteiger partial charge in [0.2, 0.25) is 0 Å². The molecule has 0 aliphatic heterocycles. The summed E-state index contributed by atoms with van der Waals surface area (Å²) in [5.41, 5.74) is 13.7. The van der Waals surface area contributed by atoms with Crippen molar-refractivity contribution in [2.24, 2.45) is 0 Å². The van der Waals surface area contributed by atoms with Crippen LogP contribution in [0.3, 0.4) is 0 Å². The summed E-state index contributed by atoms with van der Waals surface area (Å²) >= 11 is 0. The second-order valence-corrected chi connectivity index (χ2v) is 13.4. The van der Waals surface area contributed by atoms with E-state index in [0.29, 0.717) is 0 Å². The van der Waals surface area contributed by atoms with Crippen molar-refractivity contribution >= 4 is 38.6 Å². The monoisotopic (exact) mass is 613 g/mol. The minimum Gasteiger partial charge on any atom is -0.310 e. The largest absolute Gasteiger partial charge is 0.310 e. The molecule has 0 fully saturated rings. The van der Waals surface area contributed by atoms with Crippen LogP contribution in [0.2, 0.25) is 0 Å². The molecule has 0 spiro atoms. The molecule has 0 bridgehead atoms. The molecule has 0 aromatic heterocycles. The van der Waals surface area contributed by atoms with E-state index in [4.69, 9.17) is 0 Å². The molecule has 0 heterocycles. The molecule has 8 aromatic rings. The van der Waals surface area contributed by atoms with E-state index in [1.807, 2.05) is 0 Å². The third-order valence-corrected chi connectivity index (χ3v) is 10.2. The van der Waals surface area contributed by atoms with Gasteiger partial charge in [-0.05, 0) is 103 Å². The Balaban J connectivity index is 1.16. The highest BCUT2D eigenvalue weighted by Crippen LogP contribution is 2.54. The van der Waals surface area contributed by atoms with Crippen molar-refractivity contribution in [2.45, 2.75) is 19.3 Å². The molecule has 0 radical (unpaired) electrons. The van der Waals surface area contributed by atoms with E-state index in [1.165, 1.54) is 71.7 Å². The third kappa shape index (κ3) is 4.54. The molecule has 1 heteroatoms. The predicted octanol–water partition coefficient (Wildman–Crippen LogP) is 13.1. The van der Waals surface area contributed by atoms with E-state index in [2.05, 4.69) is 195 Å². The summed E-state index contributed by atoms with van der Waals surface area (Å²) in [6.07, 6.45) is 0. The maximum atomic E-state index is 2.42. The van der Waals surface area contributed by atoms with Crippen molar-refractivity contribution in [1.82, 2.24) is 0 Å². The van der Waals surface area contributed by atoms with Crippen molar-refractivity contribution in [3.8, 4) is 33.4 Å². The Kier molecular flexibility index (Phi) is 6.55. The van der Waals surface area contributed by atoms with E-state index in [1.54, 1.807) is 0 Å². The molecule has 1 aliphatic carbocycles. The minimum atomic E-state index is -0.0613. The van der Waals surface area contributed by atoms with Crippen LogP contribution in [0.4, 0.5) is 17.1 Å². The maximum absolute atomic E-state index is 2.42. The van der Waals surface area contributed by atoms with Crippen LogP contribution in [-0.4, -0.2) is 0 Å². The van der Waals surface area contributed by atoms with Crippen LogP contribution >= 0.6 is 0 Å². The first-order valence-corrected chi connectivity index (χ1v) is 16.8. The smallest absolute Gasteiger partial charge is 0.0543 e. The normalized spacial score (nSPS) is 13.0. The molecule has 8 aromatic carbocycles. The van der Waals surface area contributed by atoms with Gasteiger partial charge in [0.15, 0.2) is 0 Å². The lowest BCUT2D eigenvalue weighted by Gasteiger charge is -2.29. The van der Waals surface area contributed by atoms with Crippen molar-refractivity contribution in [3.63, 3.8) is 0 Å². The molecule has 0 saturated carbocycles. The standard InChI is InChI=1S/C47H35N/c1-47(2)43-19-9-8-17-41(43)46-44(47)20-11-21-45(46)48(38-15-4-3-5-16-38)39-28-26-34(27-29-39)40-18-10-14-33-23-25-37(31-42(33)40)36-24-22-32-12-6-7-13-35(32)30-36/h3-31H,1-2H3. The van der Waals surface area contributed by atoms with Crippen molar-refractivity contribution in [1.29, 1.82) is 0 Å².